The molecule has 1 saturated heterocycles. The van der Waals surface area contributed by atoms with Gasteiger partial charge in [-0.1, -0.05) is 18.6 Å². The maximum atomic E-state index is 5.68. The molecule has 26 heavy (non-hydrogen) atoms. The Bertz CT molecular complexity index is 667. The predicted molar refractivity (Wildman–Crippen MR) is 107 cm³/mol. The third-order valence-electron chi connectivity index (χ3n) is 4.77. The summed E-state index contributed by atoms with van der Waals surface area (Å²) >= 11 is 5.45. The van der Waals surface area contributed by atoms with Crippen molar-refractivity contribution in [1.82, 2.24) is 15.5 Å². The van der Waals surface area contributed by atoms with Crippen LogP contribution in [0.4, 0.5) is 0 Å². The fourth-order valence-corrected chi connectivity index (χ4v) is 3.45. The summed E-state index contributed by atoms with van der Waals surface area (Å²) < 4.78 is 10.9. The highest BCUT2D eigenvalue weighted by Gasteiger charge is 2.24. The topological polar surface area (TPSA) is 49.7 Å². The van der Waals surface area contributed by atoms with Crippen LogP contribution in [0.1, 0.15) is 36.6 Å². The molecule has 3 rings (SSSR count). The van der Waals surface area contributed by atoms with Crippen LogP contribution < -0.4 is 15.4 Å². The molecule has 1 atom stereocenters. The maximum Gasteiger partial charge on any atom is 0.166 e. The summed E-state index contributed by atoms with van der Waals surface area (Å²) in [6.45, 7) is 3.64. The van der Waals surface area contributed by atoms with Gasteiger partial charge in [0.05, 0.1) is 19.4 Å². The van der Waals surface area contributed by atoms with E-state index in [1.165, 1.54) is 19.3 Å². The summed E-state index contributed by atoms with van der Waals surface area (Å²) in [4.78, 5) is 2.49. The Kier molecular flexibility index (Phi) is 6.91. The van der Waals surface area contributed by atoms with Gasteiger partial charge in [-0.15, -0.1) is 0 Å². The van der Waals surface area contributed by atoms with Crippen molar-refractivity contribution in [2.45, 2.75) is 31.8 Å². The van der Waals surface area contributed by atoms with Crippen molar-refractivity contribution in [2.24, 2.45) is 0 Å². The van der Waals surface area contributed by atoms with E-state index < -0.39 is 0 Å². The highest BCUT2D eigenvalue weighted by molar-refractivity contribution is 7.80. The minimum atomic E-state index is 0.214. The highest BCUT2D eigenvalue weighted by Crippen LogP contribution is 2.24. The van der Waals surface area contributed by atoms with E-state index in [1.54, 1.807) is 13.4 Å². The van der Waals surface area contributed by atoms with E-state index in [4.69, 9.17) is 21.4 Å². The molecule has 2 N–H and O–H groups in total. The number of methoxy groups -OCH3 is 1. The molecule has 0 radical (unpaired) electrons. The molecule has 1 aliphatic rings. The van der Waals surface area contributed by atoms with Gasteiger partial charge in [-0.25, -0.2) is 0 Å². The van der Waals surface area contributed by atoms with E-state index in [1.807, 2.05) is 30.3 Å². The molecule has 1 aromatic carbocycles. The molecular weight excluding hydrogens is 346 g/mol. The Morgan fingerprint density at radius 3 is 2.58 bits per heavy atom. The zero-order valence-corrected chi connectivity index (χ0v) is 16.1. The minimum Gasteiger partial charge on any atom is -0.497 e. The lowest BCUT2D eigenvalue weighted by Gasteiger charge is -2.33. The number of thiocarbonyl (C=S) groups is 1. The molecule has 6 heteroatoms. The first-order valence-corrected chi connectivity index (χ1v) is 9.59. The molecular formula is C20H27N3O2S. The SMILES string of the molecule is COc1ccc(CNC(=S)NCC(c2ccco2)N2CCCCC2)cc1. The van der Waals surface area contributed by atoms with E-state index in [0.717, 1.165) is 36.7 Å². The van der Waals surface area contributed by atoms with Crippen molar-refractivity contribution >= 4 is 17.3 Å². The second-order valence-corrected chi connectivity index (χ2v) is 6.95. The molecule has 5 nitrogen and oxygen atoms in total. The minimum absolute atomic E-state index is 0.214. The zero-order valence-electron chi connectivity index (χ0n) is 15.2. The molecule has 0 bridgehead atoms. The molecule has 0 saturated carbocycles. The van der Waals surface area contributed by atoms with Crippen LogP contribution in [0.2, 0.25) is 0 Å². The first-order chi connectivity index (χ1) is 12.8. The van der Waals surface area contributed by atoms with Gasteiger partial charge in [0.1, 0.15) is 11.5 Å². The number of benzene rings is 1. The number of piperidine rings is 1. The summed E-state index contributed by atoms with van der Waals surface area (Å²) in [7, 11) is 1.67. The standard InChI is InChI=1S/C20H27N3O2S/c1-24-17-9-7-16(8-10-17)14-21-20(26)22-15-18(19-6-5-13-25-19)23-11-3-2-4-12-23/h5-10,13,18H,2-4,11-12,14-15H2,1H3,(H2,21,22,26). The van der Waals surface area contributed by atoms with E-state index in [2.05, 4.69) is 21.6 Å². The van der Waals surface area contributed by atoms with Gasteiger partial charge < -0.3 is 19.8 Å². The van der Waals surface area contributed by atoms with Crippen molar-refractivity contribution in [2.75, 3.05) is 26.7 Å². The van der Waals surface area contributed by atoms with Gasteiger partial charge in [-0.05, 0) is 68.0 Å². The average molecular weight is 374 g/mol. The number of hydrogen-bond donors (Lipinski definition) is 2. The van der Waals surface area contributed by atoms with Crippen LogP contribution >= 0.6 is 12.2 Å². The number of hydrogen-bond acceptors (Lipinski definition) is 4. The summed E-state index contributed by atoms with van der Waals surface area (Å²) in [5, 5.41) is 7.29. The van der Waals surface area contributed by atoms with Crippen LogP contribution in [-0.4, -0.2) is 36.8 Å². The van der Waals surface area contributed by atoms with Crippen LogP contribution in [0.25, 0.3) is 0 Å². The number of ether oxygens (including phenoxy) is 1. The van der Waals surface area contributed by atoms with Crippen molar-refractivity contribution < 1.29 is 9.15 Å². The third-order valence-corrected chi connectivity index (χ3v) is 5.06. The number of nitrogens with zero attached hydrogens (tertiary/aromatic N) is 1. The summed E-state index contributed by atoms with van der Waals surface area (Å²) in [6.07, 6.45) is 5.55. The average Bonchev–Trinajstić information content (AvgIpc) is 3.22. The van der Waals surface area contributed by atoms with Crippen LogP contribution in [0.15, 0.2) is 47.1 Å². The maximum absolute atomic E-state index is 5.68. The molecule has 1 aliphatic heterocycles. The molecule has 1 unspecified atom stereocenters. The first kappa shape index (κ1) is 18.7. The van der Waals surface area contributed by atoms with Gasteiger partial charge in [0.15, 0.2) is 5.11 Å². The molecule has 0 amide bonds. The first-order valence-electron chi connectivity index (χ1n) is 9.18. The molecule has 2 heterocycles. The van der Waals surface area contributed by atoms with E-state index in [9.17, 15) is 0 Å². The lowest BCUT2D eigenvalue weighted by atomic mass is 10.1. The van der Waals surface area contributed by atoms with E-state index >= 15 is 0 Å². The smallest absolute Gasteiger partial charge is 0.166 e. The Hall–Kier alpha value is -2.05. The van der Waals surface area contributed by atoms with Crippen molar-refractivity contribution in [3.8, 4) is 5.75 Å². The fourth-order valence-electron chi connectivity index (χ4n) is 3.30. The summed E-state index contributed by atoms with van der Waals surface area (Å²) in [5.41, 5.74) is 1.16. The lowest BCUT2D eigenvalue weighted by molar-refractivity contribution is 0.146. The second-order valence-electron chi connectivity index (χ2n) is 6.54. The van der Waals surface area contributed by atoms with E-state index in [-0.39, 0.29) is 6.04 Å². The second kappa shape index (κ2) is 9.59. The molecule has 0 aliphatic carbocycles. The molecule has 1 aromatic heterocycles. The van der Waals surface area contributed by atoms with Crippen molar-refractivity contribution in [3.63, 3.8) is 0 Å². The number of nitrogens with one attached hydrogen (secondary N) is 2. The lowest BCUT2D eigenvalue weighted by Crippen LogP contribution is -2.43. The van der Waals surface area contributed by atoms with Gasteiger partial charge in [0, 0.05) is 13.1 Å². The normalized spacial score (nSPS) is 16.0. The quantitative estimate of drug-likeness (QED) is 0.725. The van der Waals surface area contributed by atoms with Gasteiger partial charge in [-0.3, -0.25) is 4.90 Å². The van der Waals surface area contributed by atoms with Crippen LogP contribution in [0.5, 0.6) is 5.75 Å². The molecule has 2 aromatic rings. The van der Waals surface area contributed by atoms with Crippen molar-refractivity contribution in [1.29, 1.82) is 0 Å². The van der Waals surface area contributed by atoms with Crippen LogP contribution in [0.3, 0.4) is 0 Å². The van der Waals surface area contributed by atoms with Crippen LogP contribution in [0, 0.1) is 0 Å². The predicted octanol–water partition coefficient (Wildman–Crippen LogP) is 3.48. The monoisotopic (exact) mass is 373 g/mol. The summed E-state index contributed by atoms with van der Waals surface area (Å²) in [6, 6.07) is 12.2. The largest absolute Gasteiger partial charge is 0.497 e. The highest BCUT2D eigenvalue weighted by atomic mass is 32.1. The Morgan fingerprint density at radius 2 is 1.92 bits per heavy atom. The Balaban J connectivity index is 1.50. The molecule has 0 spiro atoms. The number of likely N-dealkylation sites (tertiary alicyclic amines) is 1. The third kappa shape index (κ3) is 5.22. The Labute approximate surface area is 160 Å². The number of rotatable bonds is 7. The molecule has 1 fully saturated rings. The number of furan rings is 1. The van der Waals surface area contributed by atoms with Gasteiger partial charge >= 0.3 is 0 Å². The van der Waals surface area contributed by atoms with Crippen molar-refractivity contribution in [3.05, 3.63) is 54.0 Å². The zero-order chi connectivity index (χ0) is 18.2. The van der Waals surface area contributed by atoms with Gasteiger partial charge in [-0.2, -0.15) is 0 Å². The van der Waals surface area contributed by atoms with Crippen LogP contribution in [-0.2, 0) is 6.54 Å². The fraction of sp³-hybridized carbons (Fsp3) is 0.450. The summed E-state index contributed by atoms with van der Waals surface area (Å²) in [5.74, 6) is 1.86. The van der Waals surface area contributed by atoms with E-state index in [0.29, 0.717) is 11.7 Å². The Morgan fingerprint density at radius 1 is 1.15 bits per heavy atom. The van der Waals surface area contributed by atoms with Gasteiger partial charge in [0.25, 0.3) is 0 Å². The van der Waals surface area contributed by atoms with Gasteiger partial charge in [0.2, 0.25) is 0 Å². The molecule has 140 valence electrons.